The predicted octanol–water partition coefficient (Wildman–Crippen LogP) is 4.19. The van der Waals surface area contributed by atoms with Crippen molar-refractivity contribution in [2.24, 2.45) is 16.7 Å². The Bertz CT molecular complexity index is 671. The summed E-state index contributed by atoms with van der Waals surface area (Å²) < 4.78 is 0.892. The maximum Gasteiger partial charge on any atom is 0.169 e. The second-order valence-corrected chi connectivity index (χ2v) is 7.41. The number of carbonyl (C=O) groups excluding carboxylic acids is 1. The first-order valence-corrected chi connectivity index (χ1v) is 7.23. The van der Waals surface area contributed by atoms with Crippen molar-refractivity contribution >= 4 is 32.7 Å². The van der Waals surface area contributed by atoms with E-state index in [1.807, 2.05) is 6.07 Å². The molecule has 2 aromatic heterocycles. The molecule has 19 heavy (non-hydrogen) atoms. The zero-order valence-corrected chi connectivity index (χ0v) is 13.1. The summed E-state index contributed by atoms with van der Waals surface area (Å²) in [4.78, 5) is 20.1. The summed E-state index contributed by atoms with van der Waals surface area (Å²) in [5.74, 6) is 0.305. The van der Waals surface area contributed by atoms with E-state index in [-0.39, 0.29) is 22.5 Å². The van der Waals surface area contributed by atoms with Crippen molar-refractivity contribution < 1.29 is 4.79 Å². The van der Waals surface area contributed by atoms with Crippen LogP contribution in [0.1, 0.15) is 38.1 Å². The van der Waals surface area contributed by atoms with Crippen LogP contribution in [0.15, 0.2) is 22.9 Å². The van der Waals surface area contributed by atoms with E-state index >= 15 is 0 Å². The van der Waals surface area contributed by atoms with E-state index < -0.39 is 0 Å². The molecule has 1 N–H and O–H groups in total. The summed E-state index contributed by atoms with van der Waals surface area (Å²) in [5.41, 5.74) is 1.65. The number of fused-ring (bicyclic) bond motifs is 1. The Morgan fingerprint density at radius 2 is 1.95 bits per heavy atom. The molecule has 0 aliphatic heterocycles. The molecule has 1 aliphatic carbocycles. The summed E-state index contributed by atoms with van der Waals surface area (Å²) in [6, 6.07) is 1.95. The van der Waals surface area contributed by atoms with Gasteiger partial charge in [0.1, 0.15) is 5.65 Å². The first-order valence-electron chi connectivity index (χ1n) is 6.43. The molecule has 100 valence electrons. The summed E-state index contributed by atoms with van der Waals surface area (Å²) in [7, 11) is 0. The SMILES string of the molecule is CC1(C)C(C(=O)c2c[nH]c3ncc(Br)cc23)C1(C)C. The molecule has 0 aromatic carbocycles. The number of rotatable bonds is 2. The van der Waals surface area contributed by atoms with Crippen LogP contribution in [0.25, 0.3) is 11.0 Å². The summed E-state index contributed by atoms with van der Waals surface area (Å²) in [6.45, 7) is 8.66. The van der Waals surface area contributed by atoms with Crippen LogP contribution in [-0.2, 0) is 0 Å². The fraction of sp³-hybridized carbons (Fsp3) is 0.467. The van der Waals surface area contributed by atoms with Crippen LogP contribution in [0.4, 0.5) is 0 Å². The normalized spacial score (nSPS) is 20.7. The van der Waals surface area contributed by atoms with E-state index in [0.29, 0.717) is 0 Å². The van der Waals surface area contributed by atoms with Crippen molar-refractivity contribution in [1.29, 1.82) is 0 Å². The number of H-pyrrole nitrogens is 1. The van der Waals surface area contributed by atoms with Gasteiger partial charge in [0.15, 0.2) is 5.78 Å². The van der Waals surface area contributed by atoms with Gasteiger partial charge >= 0.3 is 0 Å². The van der Waals surface area contributed by atoms with Crippen molar-refractivity contribution in [3.05, 3.63) is 28.5 Å². The quantitative estimate of drug-likeness (QED) is 0.843. The van der Waals surface area contributed by atoms with Gasteiger partial charge in [0.2, 0.25) is 0 Å². The van der Waals surface area contributed by atoms with Gasteiger partial charge in [0, 0.05) is 33.7 Å². The summed E-state index contributed by atoms with van der Waals surface area (Å²) in [6.07, 6.45) is 3.52. The second-order valence-electron chi connectivity index (χ2n) is 6.49. The number of nitrogens with one attached hydrogen (secondary N) is 1. The molecule has 1 aliphatic rings. The van der Waals surface area contributed by atoms with E-state index in [1.54, 1.807) is 12.4 Å². The minimum atomic E-state index is 0.0626. The molecule has 0 bridgehead atoms. The largest absolute Gasteiger partial charge is 0.345 e. The lowest BCUT2D eigenvalue weighted by molar-refractivity contribution is 0.0947. The molecule has 3 rings (SSSR count). The standard InChI is InChI=1S/C15H17BrN2O/c1-14(2)12(15(14,3)4)11(19)10-7-18-13-9(10)5-8(16)6-17-13/h5-7,12H,1-4H3,(H,17,18). The first kappa shape index (κ1) is 12.9. The van der Waals surface area contributed by atoms with E-state index in [2.05, 4.69) is 53.6 Å². The van der Waals surface area contributed by atoms with Gasteiger partial charge in [-0.1, -0.05) is 27.7 Å². The van der Waals surface area contributed by atoms with E-state index in [4.69, 9.17) is 0 Å². The third kappa shape index (κ3) is 1.62. The molecule has 1 fully saturated rings. The lowest BCUT2D eigenvalue weighted by Gasteiger charge is -2.03. The molecule has 0 radical (unpaired) electrons. The number of Topliss-reactive ketones (excluding diaryl/α,β-unsaturated/α-hetero) is 1. The highest BCUT2D eigenvalue weighted by Crippen LogP contribution is 2.69. The number of halogens is 1. The average molecular weight is 321 g/mol. The number of hydrogen-bond donors (Lipinski definition) is 1. The number of aromatic nitrogens is 2. The molecular formula is C15H17BrN2O. The van der Waals surface area contributed by atoms with Gasteiger partial charge < -0.3 is 4.98 Å². The van der Waals surface area contributed by atoms with Gasteiger partial charge in [-0.3, -0.25) is 4.79 Å². The molecule has 4 heteroatoms. The molecule has 2 heterocycles. The monoisotopic (exact) mass is 320 g/mol. The Morgan fingerprint density at radius 1 is 1.32 bits per heavy atom. The minimum Gasteiger partial charge on any atom is -0.345 e. The van der Waals surface area contributed by atoms with Crippen LogP contribution in [-0.4, -0.2) is 15.8 Å². The molecule has 3 nitrogen and oxygen atoms in total. The Morgan fingerprint density at radius 3 is 2.53 bits per heavy atom. The molecule has 0 spiro atoms. The third-order valence-electron chi connectivity index (χ3n) is 5.05. The van der Waals surface area contributed by atoms with Gasteiger partial charge in [-0.15, -0.1) is 0 Å². The van der Waals surface area contributed by atoms with Crippen LogP contribution in [0.2, 0.25) is 0 Å². The lowest BCUT2D eigenvalue weighted by Crippen LogP contribution is -2.06. The lowest BCUT2D eigenvalue weighted by atomic mass is 10.0. The number of pyridine rings is 1. The number of carbonyl (C=O) groups is 1. The van der Waals surface area contributed by atoms with Gasteiger partial charge in [0.05, 0.1) is 0 Å². The Hall–Kier alpha value is -1.16. The maximum absolute atomic E-state index is 12.8. The molecule has 0 amide bonds. The fourth-order valence-electron chi connectivity index (χ4n) is 3.19. The third-order valence-corrected chi connectivity index (χ3v) is 5.48. The average Bonchev–Trinajstić information content (AvgIpc) is 2.63. The van der Waals surface area contributed by atoms with Crippen molar-refractivity contribution in [3.8, 4) is 0 Å². The van der Waals surface area contributed by atoms with E-state index in [9.17, 15) is 4.79 Å². The zero-order valence-electron chi connectivity index (χ0n) is 11.5. The number of nitrogens with zero attached hydrogens (tertiary/aromatic N) is 1. The summed E-state index contributed by atoms with van der Waals surface area (Å²) in [5, 5.41) is 0.901. The van der Waals surface area contributed by atoms with Crippen molar-refractivity contribution in [2.75, 3.05) is 0 Å². The summed E-state index contributed by atoms with van der Waals surface area (Å²) >= 11 is 3.41. The van der Waals surface area contributed by atoms with Crippen LogP contribution in [0, 0.1) is 16.7 Å². The zero-order chi connectivity index (χ0) is 14.0. The van der Waals surface area contributed by atoms with Crippen LogP contribution in [0.3, 0.4) is 0 Å². The first-order chi connectivity index (χ1) is 8.76. The molecule has 1 saturated carbocycles. The Balaban J connectivity index is 2.07. The molecule has 0 atom stereocenters. The van der Waals surface area contributed by atoms with E-state index in [1.165, 1.54) is 0 Å². The van der Waals surface area contributed by atoms with Crippen LogP contribution >= 0.6 is 15.9 Å². The minimum absolute atomic E-state index is 0.0626. The van der Waals surface area contributed by atoms with Gasteiger partial charge in [-0.2, -0.15) is 0 Å². The molecule has 0 unspecified atom stereocenters. The smallest absolute Gasteiger partial charge is 0.169 e. The topological polar surface area (TPSA) is 45.8 Å². The Kier molecular flexibility index (Phi) is 2.50. The van der Waals surface area contributed by atoms with Crippen molar-refractivity contribution in [2.45, 2.75) is 27.7 Å². The van der Waals surface area contributed by atoms with E-state index in [0.717, 1.165) is 21.1 Å². The van der Waals surface area contributed by atoms with Crippen molar-refractivity contribution in [1.82, 2.24) is 9.97 Å². The number of hydrogen-bond acceptors (Lipinski definition) is 2. The fourth-order valence-corrected chi connectivity index (χ4v) is 3.52. The molecular weight excluding hydrogens is 304 g/mol. The highest BCUT2D eigenvalue weighted by atomic mass is 79.9. The molecule has 2 aromatic rings. The highest BCUT2D eigenvalue weighted by Gasteiger charge is 2.68. The molecule has 0 saturated heterocycles. The van der Waals surface area contributed by atoms with Gasteiger partial charge in [0.25, 0.3) is 0 Å². The predicted molar refractivity (Wildman–Crippen MR) is 79.2 cm³/mol. The number of ketones is 1. The number of aromatic amines is 1. The highest BCUT2D eigenvalue weighted by molar-refractivity contribution is 9.10. The van der Waals surface area contributed by atoms with Crippen molar-refractivity contribution in [3.63, 3.8) is 0 Å². The maximum atomic E-state index is 12.8. The van der Waals surface area contributed by atoms with Gasteiger partial charge in [-0.05, 0) is 32.8 Å². The second kappa shape index (κ2) is 3.69. The van der Waals surface area contributed by atoms with Gasteiger partial charge in [-0.25, -0.2) is 4.98 Å². The Labute approximate surface area is 120 Å². The van der Waals surface area contributed by atoms with Crippen LogP contribution in [0.5, 0.6) is 0 Å². The van der Waals surface area contributed by atoms with Crippen LogP contribution < -0.4 is 0 Å².